The second-order valence-corrected chi connectivity index (χ2v) is 5.63. The van der Waals surface area contributed by atoms with E-state index in [0.29, 0.717) is 23.0 Å². The van der Waals surface area contributed by atoms with Gasteiger partial charge in [0.05, 0.1) is 6.20 Å². The number of hydrogen-bond acceptors (Lipinski definition) is 4. The maximum atomic E-state index is 12.1. The Balaban J connectivity index is 1.56. The molecule has 6 nitrogen and oxygen atoms in total. The molecule has 0 atom stereocenters. The van der Waals surface area contributed by atoms with Crippen LogP contribution in [0.15, 0.2) is 18.3 Å². The molecule has 0 spiro atoms. The maximum Gasteiger partial charge on any atom is 0.271 e. The average molecular weight is 308 g/mol. The zero-order chi connectivity index (χ0) is 14.7. The van der Waals surface area contributed by atoms with E-state index >= 15 is 0 Å². The molecule has 3 heterocycles. The Morgan fingerprint density at radius 2 is 2.10 bits per heavy atom. The maximum absolute atomic E-state index is 12.1. The summed E-state index contributed by atoms with van der Waals surface area (Å²) in [5.74, 6) is -0.173. The molecule has 0 saturated carbocycles. The lowest BCUT2D eigenvalue weighted by Crippen LogP contribution is -2.37. The van der Waals surface area contributed by atoms with Crippen molar-refractivity contribution >= 4 is 23.2 Å². The number of amides is 1. The minimum atomic E-state index is -0.173. The van der Waals surface area contributed by atoms with Gasteiger partial charge in [-0.2, -0.15) is 5.10 Å². The predicted octanol–water partition coefficient (Wildman–Crippen LogP) is 1.60. The van der Waals surface area contributed by atoms with Gasteiger partial charge in [0.1, 0.15) is 10.8 Å². The van der Waals surface area contributed by atoms with E-state index in [2.05, 4.69) is 20.3 Å². The van der Waals surface area contributed by atoms with Crippen LogP contribution in [0.2, 0.25) is 5.15 Å². The molecule has 0 unspecified atom stereocenters. The molecule has 0 radical (unpaired) electrons. The molecule has 2 aromatic rings. The molecule has 7 heteroatoms. The van der Waals surface area contributed by atoms with Gasteiger partial charge in [-0.05, 0) is 38.1 Å². The number of fused-ring (bicyclic) bond motifs is 1. The van der Waals surface area contributed by atoms with E-state index in [0.717, 1.165) is 19.6 Å². The summed E-state index contributed by atoms with van der Waals surface area (Å²) in [5.41, 5.74) is 0.976. The fourth-order valence-corrected chi connectivity index (χ4v) is 2.71. The topological polar surface area (TPSA) is 62.5 Å². The van der Waals surface area contributed by atoms with Crippen molar-refractivity contribution in [3.8, 4) is 0 Å². The van der Waals surface area contributed by atoms with Gasteiger partial charge in [-0.1, -0.05) is 18.0 Å². The first kappa shape index (κ1) is 14.3. The van der Waals surface area contributed by atoms with E-state index in [1.165, 1.54) is 23.8 Å². The van der Waals surface area contributed by atoms with Crippen LogP contribution in [0.5, 0.6) is 0 Å². The van der Waals surface area contributed by atoms with Crippen LogP contribution in [0, 0.1) is 0 Å². The summed E-state index contributed by atoms with van der Waals surface area (Å²) in [5, 5.41) is 7.34. The van der Waals surface area contributed by atoms with Crippen LogP contribution in [0.3, 0.4) is 0 Å². The van der Waals surface area contributed by atoms with Gasteiger partial charge in [0.2, 0.25) is 0 Å². The summed E-state index contributed by atoms with van der Waals surface area (Å²) in [6.45, 7) is 3.80. The molecule has 1 aliphatic heterocycles. The van der Waals surface area contributed by atoms with E-state index in [4.69, 9.17) is 11.6 Å². The summed E-state index contributed by atoms with van der Waals surface area (Å²) in [7, 11) is 0. The van der Waals surface area contributed by atoms with Crippen molar-refractivity contribution in [1.29, 1.82) is 0 Å². The van der Waals surface area contributed by atoms with E-state index in [1.54, 1.807) is 18.3 Å². The van der Waals surface area contributed by atoms with Crippen molar-refractivity contribution in [2.24, 2.45) is 0 Å². The molecule has 2 aromatic heterocycles. The number of carbonyl (C=O) groups is 1. The van der Waals surface area contributed by atoms with Crippen molar-refractivity contribution in [3.05, 3.63) is 29.2 Å². The molecule has 0 aromatic carbocycles. The Morgan fingerprint density at radius 1 is 1.29 bits per heavy atom. The highest BCUT2D eigenvalue weighted by atomic mass is 35.5. The molecule has 1 aliphatic rings. The standard InChI is InChI=1S/C14H18ClN5O/c15-12-4-5-13-17-11(10-20(13)18-12)14(21)16-6-9-19-7-2-1-3-8-19/h4-5,10H,1-3,6-9H2,(H,16,21). The quantitative estimate of drug-likeness (QED) is 0.932. The summed E-state index contributed by atoms with van der Waals surface area (Å²) in [6.07, 6.45) is 5.43. The first-order valence-electron chi connectivity index (χ1n) is 7.25. The normalized spacial score (nSPS) is 16.2. The highest BCUT2D eigenvalue weighted by Gasteiger charge is 2.13. The van der Waals surface area contributed by atoms with Crippen LogP contribution in [-0.4, -0.2) is 51.6 Å². The number of rotatable bonds is 4. The minimum absolute atomic E-state index is 0.173. The molecular weight excluding hydrogens is 290 g/mol. The molecule has 21 heavy (non-hydrogen) atoms. The first-order chi connectivity index (χ1) is 10.2. The summed E-state index contributed by atoms with van der Waals surface area (Å²) >= 11 is 5.81. The molecule has 0 bridgehead atoms. The van der Waals surface area contributed by atoms with Crippen molar-refractivity contribution < 1.29 is 4.79 Å². The van der Waals surface area contributed by atoms with E-state index < -0.39 is 0 Å². The zero-order valence-electron chi connectivity index (χ0n) is 11.8. The Kier molecular flexibility index (Phi) is 4.36. The molecule has 112 valence electrons. The van der Waals surface area contributed by atoms with E-state index in [-0.39, 0.29) is 5.91 Å². The molecule has 0 aliphatic carbocycles. The second-order valence-electron chi connectivity index (χ2n) is 5.24. The third kappa shape index (κ3) is 3.51. The first-order valence-corrected chi connectivity index (χ1v) is 7.63. The number of nitrogens with one attached hydrogen (secondary N) is 1. The van der Waals surface area contributed by atoms with Gasteiger partial charge in [0.15, 0.2) is 5.65 Å². The van der Waals surface area contributed by atoms with Crippen LogP contribution < -0.4 is 5.32 Å². The fourth-order valence-electron chi connectivity index (χ4n) is 2.57. The fraction of sp³-hybridized carbons (Fsp3) is 0.500. The summed E-state index contributed by atoms with van der Waals surface area (Å²) in [6, 6.07) is 3.39. The molecule has 1 saturated heterocycles. The van der Waals surface area contributed by atoms with E-state index in [9.17, 15) is 4.79 Å². The monoisotopic (exact) mass is 307 g/mol. The molecule has 1 amide bonds. The third-order valence-corrected chi connectivity index (χ3v) is 3.88. The van der Waals surface area contributed by atoms with Crippen LogP contribution in [0.4, 0.5) is 0 Å². The van der Waals surface area contributed by atoms with Crippen LogP contribution in [-0.2, 0) is 0 Å². The van der Waals surface area contributed by atoms with Crippen molar-refractivity contribution in [2.45, 2.75) is 19.3 Å². The predicted molar refractivity (Wildman–Crippen MR) is 80.6 cm³/mol. The number of nitrogens with zero attached hydrogens (tertiary/aromatic N) is 4. The van der Waals surface area contributed by atoms with Crippen LogP contribution >= 0.6 is 11.6 Å². The number of likely N-dealkylation sites (tertiary alicyclic amines) is 1. The Bertz CT molecular complexity index is 635. The largest absolute Gasteiger partial charge is 0.349 e. The van der Waals surface area contributed by atoms with E-state index in [1.807, 2.05) is 0 Å². The second kappa shape index (κ2) is 6.41. The minimum Gasteiger partial charge on any atom is -0.349 e. The van der Waals surface area contributed by atoms with Gasteiger partial charge in [0.25, 0.3) is 5.91 Å². The number of imidazole rings is 1. The zero-order valence-corrected chi connectivity index (χ0v) is 12.5. The Morgan fingerprint density at radius 3 is 2.90 bits per heavy atom. The Labute approximate surface area is 128 Å². The van der Waals surface area contributed by atoms with Gasteiger partial charge in [-0.25, -0.2) is 9.50 Å². The SMILES string of the molecule is O=C(NCCN1CCCCC1)c1cn2nc(Cl)ccc2n1. The third-order valence-electron chi connectivity index (χ3n) is 3.68. The van der Waals surface area contributed by atoms with Gasteiger partial charge in [-0.15, -0.1) is 0 Å². The van der Waals surface area contributed by atoms with Crippen molar-refractivity contribution in [2.75, 3.05) is 26.2 Å². The van der Waals surface area contributed by atoms with Crippen molar-refractivity contribution in [1.82, 2.24) is 24.8 Å². The van der Waals surface area contributed by atoms with Crippen LogP contribution in [0.25, 0.3) is 5.65 Å². The highest BCUT2D eigenvalue weighted by molar-refractivity contribution is 6.29. The Hall–Kier alpha value is -1.66. The van der Waals surface area contributed by atoms with Crippen LogP contribution in [0.1, 0.15) is 29.8 Å². The van der Waals surface area contributed by atoms with Gasteiger partial charge >= 0.3 is 0 Å². The van der Waals surface area contributed by atoms with Crippen molar-refractivity contribution in [3.63, 3.8) is 0 Å². The highest BCUT2D eigenvalue weighted by Crippen LogP contribution is 2.09. The number of halogens is 1. The lowest BCUT2D eigenvalue weighted by molar-refractivity contribution is 0.0942. The number of carbonyl (C=O) groups excluding carboxylic acids is 1. The molecule has 1 fully saturated rings. The molecule has 3 rings (SSSR count). The molecular formula is C14H18ClN5O. The number of piperidine rings is 1. The number of hydrogen-bond donors (Lipinski definition) is 1. The van der Waals surface area contributed by atoms with Gasteiger partial charge in [-0.3, -0.25) is 4.79 Å². The molecule has 1 N–H and O–H groups in total. The lowest BCUT2D eigenvalue weighted by Gasteiger charge is -2.26. The average Bonchev–Trinajstić information content (AvgIpc) is 2.91. The number of aromatic nitrogens is 3. The summed E-state index contributed by atoms with van der Waals surface area (Å²) < 4.78 is 1.52. The van der Waals surface area contributed by atoms with Gasteiger partial charge < -0.3 is 10.2 Å². The lowest BCUT2D eigenvalue weighted by atomic mass is 10.1. The van der Waals surface area contributed by atoms with Gasteiger partial charge in [0, 0.05) is 13.1 Å². The smallest absolute Gasteiger partial charge is 0.271 e. The summed E-state index contributed by atoms with van der Waals surface area (Å²) in [4.78, 5) is 18.7.